The molecule has 0 radical (unpaired) electrons. The van der Waals surface area contributed by atoms with Crippen LogP contribution in [0.2, 0.25) is 0 Å². The lowest BCUT2D eigenvalue weighted by Crippen LogP contribution is -2.05. The number of hydrogen-bond acceptors (Lipinski definition) is 2. The summed E-state index contributed by atoms with van der Waals surface area (Å²) in [4.78, 5) is 10.5. The molecule has 0 aromatic carbocycles. The maximum absolute atomic E-state index is 10.5. The Kier molecular flexibility index (Phi) is 4.00. The number of carbonyl (C=O) groups is 1. The van der Waals surface area contributed by atoms with Crippen molar-refractivity contribution in [3.05, 3.63) is 11.6 Å². The van der Waals surface area contributed by atoms with Crippen molar-refractivity contribution in [1.29, 1.82) is 0 Å². The average molecular weight is 182 g/mol. The fourth-order valence-corrected chi connectivity index (χ4v) is 1.57. The van der Waals surface area contributed by atoms with Gasteiger partial charge in [-0.3, -0.25) is 4.79 Å². The molecule has 2 nitrogen and oxygen atoms in total. The Balaban J connectivity index is 2.18. The molecule has 74 valence electrons. The molecule has 1 aliphatic rings. The highest BCUT2D eigenvalue weighted by Gasteiger charge is 2.09. The number of hydrogen-bond donors (Lipinski definition) is 0. The molecule has 1 atom stereocenters. The molecule has 0 aliphatic heterocycles. The van der Waals surface area contributed by atoms with Gasteiger partial charge >= 0.3 is 5.97 Å². The largest absolute Gasteiger partial charge is 0.466 e. The van der Waals surface area contributed by atoms with Crippen molar-refractivity contribution in [3.8, 4) is 0 Å². The summed E-state index contributed by atoms with van der Waals surface area (Å²) in [5.41, 5.74) is 1.46. The van der Waals surface area contributed by atoms with Crippen LogP contribution in [0.25, 0.3) is 0 Å². The zero-order chi connectivity index (χ0) is 9.68. The van der Waals surface area contributed by atoms with Gasteiger partial charge in [0.2, 0.25) is 0 Å². The molecule has 0 spiro atoms. The van der Waals surface area contributed by atoms with E-state index in [1.165, 1.54) is 31.8 Å². The van der Waals surface area contributed by atoms with Gasteiger partial charge in [-0.05, 0) is 25.2 Å². The molecule has 0 aromatic rings. The van der Waals surface area contributed by atoms with E-state index in [4.69, 9.17) is 4.74 Å². The summed E-state index contributed by atoms with van der Waals surface area (Å²) in [5.74, 6) is 0.655. The van der Waals surface area contributed by atoms with Gasteiger partial charge in [-0.1, -0.05) is 18.6 Å². The lowest BCUT2D eigenvalue weighted by Gasteiger charge is -2.17. The van der Waals surface area contributed by atoms with Crippen molar-refractivity contribution in [1.82, 2.24) is 0 Å². The van der Waals surface area contributed by atoms with Gasteiger partial charge in [0.1, 0.15) is 0 Å². The summed E-state index contributed by atoms with van der Waals surface area (Å²) < 4.78 is 4.89. The molecule has 0 heterocycles. The van der Waals surface area contributed by atoms with Crippen LogP contribution in [0.5, 0.6) is 0 Å². The van der Waals surface area contributed by atoms with Crippen LogP contribution >= 0.6 is 0 Å². The van der Waals surface area contributed by atoms with Crippen molar-refractivity contribution >= 4 is 5.97 Å². The fourth-order valence-electron chi connectivity index (χ4n) is 1.57. The highest BCUT2D eigenvalue weighted by molar-refractivity contribution is 5.65. The Morgan fingerprint density at radius 1 is 1.69 bits per heavy atom. The number of esters is 1. The predicted molar refractivity (Wildman–Crippen MR) is 52.3 cm³/mol. The maximum Gasteiger partial charge on any atom is 0.302 e. The van der Waals surface area contributed by atoms with Gasteiger partial charge in [0.15, 0.2) is 0 Å². The van der Waals surface area contributed by atoms with Crippen LogP contribution in [-0.4, -0.2) is 12.6 Å². The van der Waals surface area contributed by atoms with E-state index >= 15 is 0 Å². The second-order valence-corrected chi connectivity index (χ2v) is 3.83. The van der Waals surface area contributed by atoms with Crippen molar-refractivity contribution in [3.63, 3.8) is 0 Å². The predicted octanol–water partition coefficient (Wildman–Crippen LogP) is 2.69. The molecule has 0 unspecified atom stereocenters. The topological polar surface area (TPSA) is 26.3 Å². The van der Waals surface area contributed by atoms with E-state index < -0.39 is 0 Å². The summed E-state index contributed by atoms with van der Waals surface area (Å²) in [6.45, 7) is 4.28. The smallest absolute Gasteiger partial charge is 0.302 e. The lowest BCUT2D eigenvalue weighted by molar-refractivity contribution is -0.140. The van der Waals surface area contributed by atoms with Crippen molar-refractivity contribution in [2.24, 2.45) is 5.92 Å². The van der Waals surface area contributed by atoms with Gasteiger partial charge in [0, 0.05) is 13.3 Å². The first-order valence-corrected chi connectivity index (χ1v) is 4.99. The average Bonchev–Trinajstić information content (AvgIpc) is 2.08. The molecular weight excluding hydrogens is 164 g/mol. The fraction of sp³-hybridized carbons (Fsp3) is 0.727. The first kappa shape index (κ1) is 10.3. The summed E-state index contributed by atoms with van der Waals surface area (Å²) in [5, 5.41) is 0. The first-order valence-electron chi connectivity index (χ1n) is 4.99. The molecule has 1 aliphatic carbocycles. The second kappa shape index (κ2) is 5.05. The van der Waals surface area contributed by atoms with Gasteiger partial charge in [-0.15, -0.1) is 0 Å². The van der Waals surface area contributed by atoms with E-state index in [-0.39, 0.29) is 5.97 Å². The van der Waals surface area contributed by atoms with E-state index in [1.807, 2.05) is 0 Å². The van der Waals surface area contributed by atoms with Crippen molar-refractivity contribution in [2.45, 2.75) is 39.5 Å². The molecular formula is C11H18O2. The molecule has 0 bridgehead atoms. The minimum absolute atomic E-state index is 0.176. The Hall–Kier alpha value is -0.790. The molecule has 0 N–H and O–H groups in total. The first-order chi connectivity index (χ1) is 6.18. The Morgan fingerprint density at radius 3 is 3.00 bits per heavy atom. The Bertz CT molecular complexity index is 206. The van der Waals surface area contributed by atoms with Gasteiger partial charge in [0.05, 0.1) is 6.61 Å². The van der Waals surface area contributed by atoms with Crippen LogP contribution in [0.4, 0.5) is 0 Å². The molecule has 13 heavy (non-hydrogen) atoms. The van der Waals surface area contributed by atoms with Crippen LogP contribution < -0.4 is 0 Å². The van der Waals surface area contributed by atoms with Crippen LogP contribution in [0, 0.1) is 5.92 Å². The van der Waals surface area contributed by atoms with Crippen LogP contribution in [0.1, 0.15) is 39.5 Å². The summed E-state index contributed by atoms with van der Waals surface area (Å²) in [7, 11) is 0. The third-order valence-corrected chi connectivity index (χ3v) is 2.50. The maximum atomic E-state index is 10.5. The monoisotopic (exact) mass is 182 g/mol. The van der Waals surface area contributed by atoms with E-state index in [0.29, 0.717) is 6.61 Å². The van der Waals surface area contributed by atoms with Gasteiger partial charge in [0.25, 0.3) is 0 Å². The van der Waals surface area contributed by atoms with Gasteiger partial charge in [-0.2, -0.15) is 0 Å². The molecule has 2 heteroatoms. The number of carbonyl (C=O) groups excluding carboxylic acids is 1. The van der Waals surface area contributed by atoms with Crippen molar-refractivity contribution in [2.75, 3.05) is 6.61 Å². The Labute approximate surface area is 80.0 Å². The van der Waals surface area contributed by atoms with Crippen LogP contribution in [0.15, 0.2) is 11.6 Å². The lowest BCUT2D eigenvalue weighted by atomic mass is 9.90. The quantitative estimate of drug-likeness (QED) is 0.495. The van der Waals surface area contributed by atoms with E-state index in [2.05, 4.69) is 13.0 Å². The summed E-state index contributed by atoms with van der Waals surface area (Å²) in [6, 6.07) is 0. The minimum atomic E-state index is -0.176. The molecule has 0 saturated carbocycles. The highest BCUT2D eigenvalue weighted by atomic mass is 16.5. The molecule has 0 aromatic heterocycles. The standard InChI is InChI=1S/C11H18O2/c1-9-3-5-11(6-4-9)7-8-13-10(2)12/h5,9H,3-4,6-8H2,1-2H3/t9-/m0/s1. The van der Waals surface area contributed by atoms with Gasteiger partial charge < -0.3 is 4.74 Å². The normalized spacial score (nSPS) is 22.3. The zero-order valence-electron chi connectivity index (χ0n) is 8.51. The minimum Gasteiger partial charge on any atom is -0.466 e. The highest BCUT2D eigenvalue weighted by Crippen LogP contribution is 2.24. The van der Waals surface area contributed by atoms with Crippen LogP contribution in [-0.2, 0) is 9.53 Å². The second-order valence-electron chi connectivity index (χ2n) is 3.83. The van der Waals surface area contributed by atoms with Gasteiger partial charge in [-0.25, -0.2) is 0 Å². The van der Waals surface area contributed by atoms with E-state index in [9.17, 15) is 4.79 Å². The third kappa shape index (κ3) is 4.11. The number of rotatable bonds is 3. The summed E-state index contributed by atoms with van der Waals surface area (Å²) in [6.07, 6.45) is 6.88. The number of ether oxygens (including phenoxy) is 1. The summed E-state index contributed by atoms with van der Waals surface area (Å²) >= 11 is 0. The molecule has 0 amide bonds. The van der Waals surface area contributed by atoms with Crippen molar-refractivity contribution < 1.29 is 9.53 Å². The SMILES string of the molecule is CC(=O)OCCC1=CC[C@H](C)CC1. The van der Waals surface area contributed by atoms with Crippen LogP contribution in [0.3, 0.4) is 0 Å². The Morgan fingerprint density at radius 2 is 2.46 bits per heavy atom. The van der Waals surface area contributed by atoms with E-state index in [0.717, 1.165) is 12.3 Å². The zero-order valence-corrected chi connectivity index (χ0v) is 8.51. The van der Waals surface area contributed by atoms with E-state index in [1.54, 1.807) is 0 Å². The third-order valence-electron chi connectivity index (χ3n) is 2.50. The number of allylic oxidation sites excluding steroid dienone is 1. The molecule has 0 saturated heterocycles. The molecule has 1 rings (SSSR count). The molecule has 0 fully saturated rings.